The number of ether oxygens (including phenoxy) is 2. The molecular weight excluding hydrogens is 268 g/mol. The molecule has 1 aromatic heterocycles. The maximum Gasteiger partial charge on any atom is 0.231 e. The first-order valence-electron chi connectivity index (χ1n) is 5.76. The molecule has 19 heavy (non-hydrogen) atoms. The van der Waals surface area contributed by atoms with E-state index in [4.69, 9.17) is 21.1 Å². The Morgan fingerprint density at radius 1 is 1.42 bits per heavy atom. The second kappa shape index (κ2) is 4.59. The topological polar surface area (TPSA) is 53.4 Å². The number of hydrogen-bond donors (Lipinski definition) is 0. The van der Waals surface area contributed by atoms with Gasteiger partial charge in [0, 0.05) is 11.8 Å². The van der Waals surface area contributed by atoms with Gasteiger partial charge >= 0.3 is 0 Å². The number of rotatable bonds is 3. The van der Waals surface area contributed by atoms with Gasteiger partial charge in [-0.2, -0.15) is 5.10 Å². The van der Waals surface area contributed by atoms with E-state index in [1.165, 1.54) is 4.68 Å². The Hall–Kier alpha value is -2.01. The zero-order valence-corrected chi connectivity index (χ0v) is 11.0. The molecule has 0 atom stereocenters. The summed E-state index contributed by atoms with van der Waals surface area (Å²) >= 11 is 5.90. The zero-order chi connectivity index (χ0) is 13.4. The first-order valence-corrected chi connectivity index (χ1v) is 6.13. The standard InChI is InChI=1S/C13H11ClN2O3/c1-8-10(14)5-16(15-8)6-11(17)9-2-3-12-13(4-9)19-7-18-12/h2-5H,6-7H2,1H3. The van der Waals surface area contributed by atoms with Gasteiger partial charge in [0.05, 0.1) is 10.7 Å². The molecule has 1 aromatic carbocycles. The van der Waals surface area contributed by atoms with Gasteiger partial charge in [-0.15, -0.1) is 0 Å². The third-order valence-corrected chi connectivity index (χ3v) is 3.26. The van der Waals surface area contributed by atoms with E-state index in [1.54, 1.807) is 31.3 Å². The molecule has 0 radical (unpaired) electrons. The lowest BCUT2D eigenvalue weighted by atomic mass is 10.1. The molecule has 3 rings (SSSR count). The van der Waals surface area contributed by atoms with Crippen LogP contribution in [-0.2, 0) is 6.54 Å². The van der Waals surface area contributed by atoms with Crippen molar-refractivity contribution in [1.29, 1.82) is 0 Å². The summed E-state index contributed by atoms with van der Waals surface area (Å²) in [5.74, 6) is 1.20. The highest BCUT2D eigenvalue weighted by atomic mass is 35.5. The first-order chi connectivity index (χ1) is 9.13. The number of aromatic nitrogens is 2. The number of carbonyl (C=O) groups is 1. The van der Waals surface area contributed by atoms with E-state index in [9.17, 15) is 4.79 Å². The van der Waals surface area contributed by atoms with Gasteiger partial charge in [0.2, 0.25) is 6.79 Å². The van der Waals surface area contributed by atoms with Crippen molar-refractivity contribution in [2.75, 3.05) is 6.79 Å². The Morgan fingerprint density at radius 3 is 2.95 bits per heavy atom. The highest BCUT2D eigenvalue weighted by Gasteiger charge is 2.16. The van der Waals surface area contributed by atoms with Crippen molar-refractivity contribution >= 4 is 17.4 Å². The van der Waals surface area contributed by atoms with Crippen LogP contribution in [0.15, 0.2) is 24.4 Å². The van der Waals surface area contributed by atoms with Gasteiger partial charge in [0.1, 0.15) is 6.54 Å². The SMILES string of the molecule is Cc1nn(CC(=O)c2ccc3c(c2)OCO3)cc1Cl. The van der Waals surface area contributed by atoms with Crippen LogP contribution in [0.5, 0.6) is 11.5 Å². The van der Waals surface area contributed by atoms with Crippen molar-refractivity contribution in [2.24, 2.45) is 0 Å². The van der Waals surface area contributed by atoms with Gasteiger partial charge < -0.3 is 9.47 Å². The number of benzene rings is 1. The van der Waals surface area contributed by atoms with E-state index < -0.39 is 0 Å². The van der Waals surface area contributed by atoms with Crippen molar-refractivity contribution in [3.05, 3.63) is 40.7 Å². The maximum absolute atomic E-state index is 12.1. The third-order valence-electron chi connectivity index (χ3n) is 2.89. The lowest BCUT2D eigenvalue weighted by Crippen LogP contribution is -2.11. The number of aryl methyl sites for hydroxylation is 1. The van der Waals surface area contributed by atoms with E-state index in [-0.39, 0.29) is 19.1 Å². The molecule has 0 saturated heterocycles. The fourth-order valence-electron chi connectivity index (χ4n) is 1.88. The quantitative estimate of drug-likeness (QED) is 0.809. The molecule has 0 N–H and O–H groups in total. The summed E-state index contributed by atoms with van der Waals surface area (Å²) in [5, 5.41) is 4.71. The molecule has 0 amide bonds. The Labute approximate surface area is 114 Å². The minimum Gasteiger partial charge on any atom is -0.454 e. The van der Waals surface area contributed by atoms with Gasteiger partial charge in [-0.3, -0.25) is 9.48 Å². The van der Waals surface area contributed by atoms with Crippen LogP contribution in [0.1, 0.15) is 16.1 Å². The predicted octanol–water partition coefficient (Wildman–Crippen LogP) is 2.46. The van der Waals surface area contributed by atoms with Gasteiger partial charge in [-0.1, -0.05) is 11.6 Å². The number of fused-ring (bicyclic) bond motifs is 1. The summed E-state index contributed by atoms with van der Waals surface area (Å²) in [6.45, 7) is 2.14. The van der Waals surface area contributed by atoms with Crippen LogP contribution in [0, 0.1) is 6.92 Å². The van der Waals surface area contributed by atoms with Crippen molar-refractivity contribution in [2.45, 2.75) is 13.5 Å². The molecule has 1 aliphatic rings. The third kappa shape index (κ3) is 2.29. The van der Waals surface area contributed by atoms with Crippen molar-refractivity contribution in [3.8, 4) is 11.5 Å². The molecule has 2 aromatic rings. The van der Waals surface area contributed by atoms with Crippen LogP contribution >= 0.6 is 11.6 Å². The van der Waals surface area contributed by atoms with Crippen LogP contribution in [0.2, 0.25) is 5.02 Å². The molecule has 1 aliphatic heterocycles. The average Bonchev–Trinajstić information content (AvgIpc) is 2.96. The summed E-state index contributed by atoms with van der Waals surface area (Å²) in [6.07, 6.45) is 1.64. The van der Waals surface area contributed by atoms with E-state index in [2.05, 4.69) is 5.10 Å². The maximum atomic E-state index is 12.1. The molecule has 0 fully saturated rings. The fraction of sp³-hybridized carbons (Fsp3) is 0.231. The second-order valence-corrected chi connectivity index (χ2v) is 4.66. The van der Waals surface area contributed by atoms with E-state index in [1.807, 2.05) is 0 Å². The highest BCUT2D eigenvalue weighted by molar-refractivity contribution is 6.31. The average molecular weight is 279 g/mol. The lowest BCUT2D eigenvalue weighted by molar-refractivity contribution is 0.0967. The molecule has 0 unspecified atom stereocenters. The van der Waals surface area contributed by atoms with Crippen LogP contribution < -0.4 is 9.47 Å². The van der Waals surface area contributed by atoms with E-state index in [0.29, 0.717) is 27.8 Å². The lowest BCUT2D eigenvalue weighted by Gasteiger charge is -2.03. The van der Waals surface area contributed by atoms with Crippen molar-refractivity contribution in [3.63, 3.8) is 0 Å². The van der Waals surface area contributed by atoms with Gasteiger partial charge in [-0.05, 0) is 25.1 Å². The monoisotopic (exact) mass is 278 g/mol. The molecule has 98 valence electrons. The van der Waals surface area contributed by atoms with Crippen LogP contribution in [-0.4, -0.2) is 22.4 Å². The second-order valence-electron chi connectivity index (χ2n) is 4.25. The summed E-state index contributed by atoms with van der Waals surface area (Å²) in [6, 6.07) is 5.13. The van der Waals surface area contributed by atoms with Crippen LogP contribution in [0.25, 0.3) is 0 Å². The summed E-state index contributed by atoms with van der Waals surface area (Å²) in [7, 11) is 0. The number of hydrogen-bond acceptors (Lipinski definition) is 4. The van der Waals surface area contributed by atoms with Crippen molar-refractivity contribution < 1.29 is 14.3 Å². The number of ketones is 1. The molecular formula is C13H11ClN2O3. The number of nitrogens with zero attached hydrogens (tertiary/aromatic N) is 2. The Bertz CT molecular complexity index is 632. The Balaban J connectivity index is 1.80. The minimum atomic E-state index is -0.0579. The summed E-state index contributed by atoms with van der Waals surface area (Å²) in [4.78, 5) is 12.1. The van der Waals surface area contributed by atoms with E-state index >= 15 is 0 Å². The zero-order valence-electron chi connectivity index (χ0n) is 10.2. The van der Waals surface area contributed by atoms with E-state index in [0.717, 1.165) is 0 Å². The largest absolute Gasteiger partial charge is 0.454 e. The van der Waals surface area contributed by atoms with Gasteiger partial charge in [0.25, 0.3) is 0 Å². The Kier molecular flexibility index (Phi) is 2.91. The summed E-state index contributed by atoms with van der Waals surface area (Å²) < 4.78 is 12.0. The normalized spacial score (nSPS) is 12.7. The Morgan fingerprint density at radius 2 is 2.21 bits per heavy atom. The number of carbonyl (C=O) groups excluding carboxylic acids is 1. The summed E-state index contributed by atoms with van der Waals surface area (Å²) in [5.41, 5.74) is 1.27. The molecule has 5 nitrogen and oxygen atoms in total. The number of Topliss-reactive ketones (excluding diaryl/α,β-unsaturated/α-hetero) is 1. The van der Waals surface area contributed by atoms with Crippen LogP contribution in [0.3, 0.4) is 0 Å². The predicted molar refractivity (Wildman–Crippen MR) is 68.9 cm³/mol. The number of halogens is 1. The minimum absolute atomic E-state index is 0.0579. The van der Waals surface area contributed by atoms with Gasteiger partial charge in [-0.25, -0.2) is 0 Å². The molecule has 0 saturated carbocycles. The van der Waals surface area contributed by atoms with Crippen LogP contribution in [0.4, 0.5) is 0 Å². The molecule has 6 heteroatoms. The fourth-order valence-corrected chi connectivity index (χ4v) is 2.03. The van der Waals surface area contributed by atoms with Crippen molar-refractivity contribution in [1.82, 2.24) is 9.78 Å². The highest BCUT2D eigenvalue weighted by Crippen LogP contribution is 2.32. The molecule has 2 heterocycles. The molecule has 0 spiro atoms. The smallest absolute Gasteiger partial charge is 0.231 e. The first kappa shape index (κ1) is 12.0. The molecule has 0 bridgehead atoms. The molecule has 0 aliphatic carbocycles. The van der Waals surface area contributed by atoms with Gasteiger partial charge in [0.15, 0.2) is 17.3 Å².